The van der Waals surface area contributed by atoms with E-state index in [0.717, 1.165) is 19.3 Å². The number of ether oxygens (including phenoxy) is 2. The monoisotopic (exact) mass is 244 g/mol. The summed E-state index contributed by atoms with van der Waals surface area (Å²) in [6.07, 6.45) is 4.47. The highest BCUT2D eigenvalue weighted by Crippen LogP contribution is 2.21. The van der Waals surface area contributed by atoms with Crippen LogP contribution in [0, 0.1) is 0 Å². The lowest BCUT2D eigenvalue weighted by atomic mass is 10.2. The average Bonchev–Trinajstić information content (AvgIpc) is 2.79. The summed E-state index contributed by atoms with van der Waals surface area (Å²) in [5, 5.41) is 6.11. The van der Waals surface area contributed by atoms with Crippen LogP contribution in [0.1, 0.15) is 25.7 Å². The number of carbonyl (C=O) groups is 1. The number of amides is 1. The summed E-state index contributed by atoms with van der Waals surface area (Å²) < 4.78 is 10.3. The summed E-state index contributed by atoms with van der Waals surface area (Å²) >= 11 is 0. The SMILES string of the molecule is COCCCNC(=O)CNC1CCCC1OC. The van der Waals surface area contributed by atoms with Crippen molar-refractivity contribution in [3.8, 4) is 0 Å². The molecule has 2 atom stereocenters. The Hall–Kier alpha value is -0.650. The van der Waals surface area contributed by atoms with Crippen LogP contribution in [0.2, 0.25) is 0 Å². The molecule has 5 nitrogen and oxygen atoms in total. The minimum atomic E-state index is 0.0443. The van der Waals surface area contributed by atoms with Gasteiger partial charge < -0.3 is 20.1 Å². The van der Waals surface area contributed by atoms with Gasteiger partial charge >= 0.3 is 0 Å². The molecule has 1 amide bonds. The fourth-order valence-corrected chi connectivity index (χ4v) is 2.17. The summed E-state index contributed by atoms with van der Waals surface area (Å²) in [6, 6.07) is 0.324. The standard InChI is InChI=1S/C12H24N2O3/c1-16-8-4-7-13-12(15)9-14-10-5-3-6-11(10)17-2/h10-11,14H,3-9H2,1-2H3,(H,13,15). The predicted molar refractivity (Wildman–Crippen MR) is 65.9 cm³/mol. The van der Waals surface area contributed by atoms with Crippen LogP contribution in [0.5, 0.6) is 0 Å². The van der Waals surface area contributed by atoms with Crippen molar-refractivity contribution >= 4 is 5.91 Å². The van der Waals surface area contributed by atoms with E-state index in [1.165, 1.54) is 6.42 Å². The molecule has 1 aliphatic carbocycles. The van der Waals surface area contributed by atoms with Gasteiger partial charge in [0.2, 0.25) is 5.91 Å². The summed E-state index contributed by atoms with van der Waals surface area (Å²) in [7, 11) is 3.39. The molecule has 1 rings (SSSR count). The maximum absolute atomic E-state index is 11.5. The molecule has 0 radical (unpaired) electrons. The van der Waals surface area contributed by atoms with E-state index in [-0.39, 0.29) is 12.0 Å². The molecule has 2 N–H and O–H groups in total. The first-order valence-corrected chi connectivity index (χ1v) is 6.29. The smallest absolute Gasteiger partial charge is 0.233 e. The van der Waals surface area contributed by atoms with Crippen LogP contribution < -0.4 is 10.6 Å². The molecule has 2 unspecified atom stereocenters. The quantitative estimate of drug-likeness (QED) is 0.603. The van der Waals surface area contributed by atoms with Crippen LogP contribution in [-0.4, -0.2) is 52.0 Å². The van der Waals surface area contributed by atoms with Gasteiger partial charge in [-0.2, -0.15) is 0 Å². The molecule has 1 saturated carbocycles. The minimum absolute atomic E-state index is 0.0443. The fourth-order valence-electron chi connectivity index (χ4n) is 2.17. The highest BCUT2D eigenvalue weighted by Gasteiger charge is 2.26. The summed E-state index contributed by atoms with van der Waals surface area (Å²) in [5.74, 6) is 0.0443. The Morgan fingerprint density at radius 3 is 2.88 bits per heavy atom. The van der Waals surface area contributed by atoms with Gasteiger partial charge in [-0.05, 0) is 25.7 Å². The van der Waals surface area contributed by atoms with Gasteiger partial charge in [0, 0.05) is 33.4 Å². The fraction of sp³-hybridized carbons (Fsp3) is 0.917. The lowest BCUT2D eigenvalue weighted by molar-refractivity contribution is -0.120. The van der Waals surface area contributed by atoms with Crippen LogP contribution in [0.4, 0.5) is 0 Å². The molecule has 0 aromatic carbocycles. The number of nitrogens with one attached hydrogen (secondary N) is 2. The van der Waals surface area contributed by atoms with Crippen LogP contribution in [0.25, 0.3) is 0 Å². The molecule has 0 aliphatic heterocycles. The van der Waals surface area contributed by atoms with E-state index < -0.39 is 0 Å². The first-order chi connectivity index (χ1) is 8.27. The number of rotatable bonds is 8. The normalized spacial score (nSPS) is 23.9. The number of methoxy groups -OCH3 is 2. The van der Waals surface area contributed by atoms with E-state index in [1.54, 1.807) is 14.2 Å². The molecular weight excluding hydrogens is 220 g/mol. The summed E-state index contributed by atoms with van der Waals surface area (Å²) in [4.78, 5) is 11.5. The third-order valence-electron chi connectivity index (χ3n) is 3.13. The number of hydrogen-bond acceptors (Lipinski definition) is 4. The Bertz CT molecular complexity index is 224. The second kappa shape index (κ2) is 8.44. The van der Waals surface area contributed by atoms with Crippen molar-refractivity contribution in [3.05, 3.63) is 0 Å². The van der Waals surface area contributed by atoms with Gasteiger partial charge in [0.25, 0.3) is 0 Å². The molecule has 17 heavy (non-hydrogen) atoms. The molecule has 100 valence electrons. The molecule has 0 spiro atoms. The first-order valence-electron chi connectivity index (χ1n) is 6.29. The van der Waals surface area contributed by atoms with Gasteiger partial charge in [-0.3, -0.25) is 4.79 Å². The van der Waals surface area contributed by atoms with E-state index >= 15 is 0 Å². The van der Waals surface area contributed by atoms with Crippen molar-refractivity contribution in [2.24, 2.45) is 0 Å². The van der Waals surface area contributed by atoms with Gasteiger partial charge in [0.05, 0.1) is 12.6 Å². The molecule has 5 heteroatoms. The van der Waals surface area contributed by atoms with Crippen molar-refractivity contribution in [1.82, 2.24) is 10.6 Å². The van der Waals surface area contributed by atoms with Crippen LogP contribution in [0.15, 0.2) is 0 Å². The molecule has 0 heterocycles. The molecule has 0 saturated heterocycles. The lowest BCUT2D eigenvalue weighted by Crippen LogP contribution is -2.43. The van der Waals surface area contributed by atoms with Crippen molar-refractivity contribution in [3.63, 3.8) is 0 Å². The minimum Gasteiger partial charge on any atom is -0.385 e. The second-order valence-corrected chi connectivity index (χ2v) is 4.39. The van der Waals surface area contributed by atoms with Crippen molar-refractivity contribution in [2.45, 2.75) is 37.8 Å². The Labute approximate surface area is 103 Å². The van der Waals surface area contributed by atoms with E-state index in [0.29, 0.717) is 25.7 Å². The number of hydrogen-bond donors (Lipinski definition) is 2. The van der Waals surface area contributed by atoms with Gasteiger partial charge in [-0.15, -0.1) is 0 Å². The van der Waals surface area contributed by atoms with Crippen molar-refractivity contribution < 1.29 is 14.3 Å². The van der Waals surface area contributed by atoms with Gasteiger partial charge in [0.15, 0.2) is 0 Å². The summed E-state index contributed by atoms with van der Waals surface area (Å²) in [5.41, 5.74) is 0. The molecule has 0 aromatic rings. The zero-order chi connectivity index (χ0) is 12.5. The zero-order valence-corrected chi connectivity index (χ0v) is 10.8. The van der Waals surface area contributed by atoms with Crippen LogP contribution in [-0.2, 0) is 14.3 Å². The second-order valence-electron chi connectivity index (χ2n) is 4.39. The molecule has 1 fully saturated rings. The maximum atomic E-state index is 11.5. The van der Waals surface area contributed by atoms with Crippen molar-refractivity contribution in [1.29, 1.82) is 0 Å². The third-order valence-corrected chi connectivity index (χ3v) is 3.13. The average molecular weight is 244 g/mol. The topological polar surface area (TPSA) is 59.6 Å². The van der Waals surface area contributed by atoms with Crippen molar-refractivity contribution in [2.75, 3.05) is 33.9 Å². The van der Waals surface area contributed by atoms with E-state index in [4.69, 9.17) is 9.47 Å². The van der Waals surface area contributed by atoms with E-state index in [9.17, 15) is 4.79 Å². The predicted octanol–water partition coefficient (Wildman–Crippen LogP) is 0.296. The lowest BCUT2D eigenvalue weighted by Gasteiger charge is -2.19. The largest absolute Gasteiger partial charge is 0.385 e. The Kier molecular flexibility index (Phi) is 7.16. The van der Waals surface area contributed by atoms with Gasteiger partial charge in [-0.25, -0.2) is 0 Å². The Balaban J connectivity index is 2.06. The van der Waals surface area contributed by atoms with E-state index in [1.807, 2.05) is 0 Å². The first kappa shape index (κ1) is 14.4. The Morgan fingerprint density at radius 1 is 1.35 bits per heavy atom. The number of carbonyl (C=O) groups excluding carboxylic acids is 1. The van der Waals surface area contributed by atoms with Crippen LogP contribution in [0.3, 0.4) is 0 Å². The molecule has 1 aliphatic rings. The molecular formula is C12H24N2O3. The highest BCUT2D eigenvalue weighted by molar-refractivity contribution is 5.77. The van der Waals surface area contributed by atoms with Gasteiger partial charge in [0.1, 0.15) is 0 Å². The molecule has 0 bridgehead atoms. The van der Waals surface area contributed by atoms with Crippen LogP contribution >= 0.6 is 0 Å². The summed E-state index contributed by atoms with van der Waals surface area (Å²) in [6.45, 7) is 1.73. The molecule has 0 aromatic heterocycles. The third kappa shape index (κ3) is 5.48. The highest BCUT2D eigenvalue weighted by atomic mass is 16.5. The zero-order valence-electron chi connectivity index (χ0n) is 10.8. The Morgan fingerprint density at radius 2 is 2.18 bits per heavy atom. The maximum Gasteiger partial charge on any atom is 0.233 e. The van der Waals surface area contributed by atoms with Gasteiger partial charge in [-0.1, -0.05) is 0 Å². The van der Waals surface area contributed by atoms with E-state index in [2.05, 4.69) is 10.6 Å².